The van der Waals surface area contributed by atoms with Gasteiger partial charge in [-0.2, -0.15) is 17.9 Å². The smallest absolute Gasteiger partial charge is 0.259 e. The van der Waals surface area contributed by atoms with Crippen molar-refractivity contribution in [3.8, 4) is 5.69 Å². The van der Waals surface area contributed by atoms with Crippen LogP contribution in [0.2, 0.25) is 0 Å². The lowest BCUT2D eigenvalue weighted by Gasteiger charge is -2.08. The van der Waals surface area contributed by atoms with E-state index in [1.54, 1.807) is 0 Å². The number of aromatic nitrogens is 4. The minimum absolute atomic E-state index is 0.175. The summed E-state index contributed by atoms with van der Waals surface area (Å²) >= 11 is 0. The van der Waals surface area contributed by atoms with E-state index >= 15 is 0 Å². The molecule has 5 nitrogen and oxygen atoms in total. The number of alkyl halides is 3. The third kappa shape index (κ3) is 4.12. The number of hydrogen-bond donors (Lipinski definition) is 0. The van der Waals surface area contributed by atoms with E-state index in [9.17, 15) is 17.4 Å². The van der Waals surface area contributed by atoms with E-state index in [0.717, 1.165) is 25.0 Å². The molecule has 0 aliphatic heterocycles. The Morgan fingerprint density at radius 1 is 1.23 bits per heavy atom. The Labute approximate surface area is 128 Å². The maximum atomic E-state index is 12.5. The van der Waals surface area contributed by atoms with Gasteiger partial charge in [0.2, 0.25) is 0 Å². The van der Waals surface area contributed by atoms with Gasteiger partial charge >= 0.3 is 6.18 Å². The molecule has 0 spiro atoms. The van der Waals surface area contributed by atoms with Gasteiger partial charge in [-0.25, -0.2) is 0 Å². The highest BCUT2D eigenvalue weighted by molar-refractivity contribution is 7.84. The lowest BCUT2D eigenvalue weighted by molar-refractivity contribution is -0.137. The second-order valence-electron chi connectivity index (χ2n) is 4.69. The van der Waals surface area contributed by atoms with E-state index in [0.29, 0.717) is 17.3 Å². The largest absolute Gasteiger partial charge is 0.416 e. The topological polar surface area (TPSA) is 60.7 Å². The molecule has 120 valence electrons. The van der Waals surface area contributed by atoms with E-state index in [2.05, 4.69) is 15.5 Å². The van der Waals surface area contributed by atoms with Crippen molar-refractivity contribution < 1.29 is 17.4 Å². The molecular formula is C13H15F3N4OS. The van der Waals surface area contributed by atoms with Crippen LogP contribution in [0, 0.1) is 0 Å². The first-order valence-corrected chi connectivity index (χ1v) is 8.20. The van der Waals surface area contributed by atoms with E-state index < -0.39 is 22.5 Å². The number of rotatable bonds is 6. The van der Waals surface area contributed by atoms with Gasteiger partial charge in [0, 0.05) is 16.6 Å². The van der Waals surface area contributed by atoms with Gasteiger partial charge in [-0.1, -0.05) is 13.3 Å². The number of benzene rings is 1. The van der Waals surface area contributed by atoms with E-state index in [4.69, 9.17) is 0 Å². The predicted octanol–water partition coefficient (Wildman–Crippen LogP) is 2.73. The Hall–Kier alpha value is -1.77. The van der Waals surface area contributed by atoms with Gasteiger partial charge in [-0.3, -0.25) is 4.21 Å². The van der Waals surface area contributed by atoms with Gasteiger partial charge < -0.3 is 0 Å². The average Bonchev–Trinajstić information content (AvgIpc) is 2.92. The molecule has 0 fully saturated rings. The van der Waals surface area contributed by atoms with E-state index in [-0.39, 0.29) is 5.75 Å². The van der Waals surface area contributed by atoms with Gasteiger partial charge in [0.15, 0.2) is 5.82 Å². The molecule has 22 heavy (non-hydrogen) atoms. The van der Waals surface area contributed by atoms with Crippen LogP contribution in [0.4, 0.5) is 13.2 Å². The minimum Gasteiger partial charge on any atom is -0.259 e. The molecule has 0 unspecified atom stereocenters. The van der Waals surface area contributed by atoms with E-state index in [1.165, 1.54) is 16.8 Å². The quantitative estimate of drug-likeness (QED) is 0.816. The summed E-state index contributed by atoms with van der Waals surface area (Å²) in [5.74, 6) is 1.10. The van der Waals surface area contributed by atoms with Crippen molar-refractivity contribution >= 4 is 10.8 Å². The molecule has 0 amide bonds. The monoisotopic (exact) mass is 332 g/mol. The molecule has 1 atom stereocenters. The number of tetrazole rings is 1. The predicted molar refractivity (Wildman–Crippen MR) is 75.8 cm³/mol. The molecular weight excluding hydrogens is 317 g/mol. The third-order valence-electron chi connectivity index (χ3n) is 2.99. The molecule has 0 saturated heterocycles. The Kier molecular flexibility index (Phi) is 5.28. The molecule has 1 aromatic carbocycles. The zero-order valence-corrected chi connectivity index (χ0v) is 12.7. The Morgan fingerprint density at radius 3 is 2.50 bits per heavy atom. The van der Waals surface area contributed by atoms with Crippen molar-refractivity contribution in [1.29, 1.82) is 0 Å². The Bertz CT molecular complexity index is 639. The van der Waals surface area contributed by atoms with Crippen LogP contribution < -0.4 is 0 Å². The van der Waals surface area contributed by atoms with Gasteiger partial charge in [0.1, 0.15) is 0 Å². The number of nitrogens with zero attached hydrogens (tertiary/aromatic N) is 4. The fourth-order valence-electron chi connectivity index (χ4n) is 1.81. The highest BCUT2D eigenvalue weighted by Crippen LogP contribution is 2.29. The highest BCUT2D eigenvalue weighted by atomic mass is 32.2. The minimum atomic E-state index is -4.39. The van der Waals surface area contributed by atoms with Crippen molar-refractivity contribution in [2.24, 2.45) is 0 Å². The molecule has 0 radical (unpaired) electrons. The van der Waals surface area contributed by atoms with Crippen molar-refractivity contribution in [2.75, 3.05) is 5.75 Å². The lowest BCUT2D eigenvalue weighted by Crippen LogP contribution is -2.09. The fraction of sp³-hybridized carbons (Fsp3) is 0.462. The molecule has 1 heterocycles. The molecule has 9 heteroatoms. The Morgan fingerprint density at radius 2 is 1.91 bits per heavy atom. The van der Waals surface area contributed by atoms with Crippen molar-refractivity contribution in [3.63, 3.8) is 0 Å². The maximum Gasteiger partial charge on any atom is 0.416 e. The molecule has 2 aromatic rings. The van der Waals surface area contributed by atoms with Crippen LogP contribution in [0.1, 0.15) is 31.2 Å². The molecule has 0 saturated carbocycles. The lowest BCUT2D eigenvalue weighted by atomic mass is 10.2. The zero-order valence-electron chi connectivity index (χ0n) is 11.9. The van der Waals surface area contributed by atoms with Crippen LogP contribution in [0.25, 0.3) is 5.69 Å². The second-order valence-corrected chi connectivity index (χ2v) is 6.27. The first kappa shape index (κ1) is 16.6. The van der Waals surface area contributed by atoms with Crippen LogP contribution >= 0.6 is 0 Å². The first-order chi connectivity index (χ1) is 10.4. The summed E-state index contributed by atoms with van der Waals surface area (Å²) in [6.45, 7) is 2.00. The van der Waals surface area contributed by atoms with Crippen LogP contribution in [-0.4, -0.2) is 30.2 Å². The molecule has 0 bridgehead atoms. The second kappa shape index (κ2) is 6.99. The van der Waals surface area contributed by atoms with Gasteiger partial charge in [-0.05, 0) is 41.1 Å². The maximum absolute atomic E-state index is 12.5. The summed E-state index contributed by atoms with van der Waals surface area (Å²) in [4.78, 5) is 0. The van der Waals surface area contributed by atoms with E-state index in [1.807, 2.05) is 6.92 Å². The fourth-order valence-corrected chi connectivity index (χ4v) is 3.03. The number of unbranched alkanes of at least 4 members (excludes halogenated alkanes) is 1. The molecule has 1 aromatic heterocycles. The number of hydrogen-bond acceptors (Lipinski definition) is 4. The van der Waals surface area contributed by atoms with Crippen LogP contribution in [-0.2, 0) is 22.7 Å². The van der Waals surface area contributed by atoms with Gasteiger partial charge in [-0.15, -0.1) is 5.10 Å². The van der Waals surface area contributed by atoms with Crippen molar-refractivity contribution in [2.45, 2.75) is 31.7 Å². The molecule has 0 aliphatic carbocycles. The van der Waals surface area contributed by atoms with Gasteiger partial charge in [0.05, 0.1) is 17.0 Å². The van der Waals surface area contributed by atoms with Crippen molar-refractivity contribution in [3.05, 3.63) is 35.7 Å². The summed E-state index contributed by atoms with van der Waals surface area (Å²) in [6.07, 6.45) is -2.60. The summed E-state index contributed by atoms with van der Waals surface area (Å²) in [6, 6.07) is 4.51. The van der Waals surface area contributed by atoms with Gasteiger partial charge in [0.25, 0.3) is 0 Å². The zero-order chi connectivity index (χ0) is 16.2. The van der Waals surface area contributed by atoms with Crippen molar-refractivity contribution in [1.82, 2.24) is 20.2 Å². The average molecular weight is 332 g/mol. The highest BCUT2D eigenvalue weighted by Gasteiger charge is 2.30. The molecule has 2 rings (SSSR count). The molecule has 0 aliphatic rings. The Balaban J connectivity index is 2.17. The van der Waals surface area contributed by atoms with Crippen LogP contribution in [0.5, 0.6) is 0 Å². The summed E-state index contributed by atoms with van der Waals surface area (Å²) in [5.41, 5.74) is -0.335. The summed E-state index contributed by atoms with van der Waals surface area (Å²) in [5, 5.41) is 11.1. The standard InChI is InChI=1S/C13H15F3N4OS/c1-2-3-8-22(21)9-12-17-18-19-20(12)11-6-4-10(5-7-11)13(14,15)16/h4-7H,2-3,8-9H2,1H3/t22-/m1/s1. The number of halogens is 3. The third-order valence-corrected chi connectivity index (χ3v) is 4.31. The van der Waals surface area contributed by atoms with Crippen LogP contribution in [0.15, 0.2) is 24.3 Å². The summed E-state index contributed by atoms with van der Waals surface area (Å²) < 4.78 is 50.8. The molecule has 0 N–H and O–H groups in total. The SMILES string of the molecule is CCCC[S@@](=O)Cc1nnnn1-c1ccc(C(F)(F)F)cc1. The summed E-state index contributed by atoms with van der Waals surface area (Å²) in [7, 11) is -1.10. The van der Waals surface area contributed by atoms with Crippen LogP contribution in [0.3, 0.4) is 0 Å². The normalized spacial score (nSPS) is 13.3. The first-order valence-electron chi connectivity index (χ1n) is 6.71.